The van der Waals surface area contributed by atoms with Crippen molar-refractivity contribution in [1.82, 2.24) is 16.2 Å². The highest BCUT2D eigenvalue weighted by molar-refractivity contribution is 7.80. The molecule has 7 heteroatoms. The minimum Gasteiger partial charge on any atom is -0.493 e. The number of rotatable bonds is 5. The number of amides is 2. The zero-order valence-electron chi connectivity index (χ0n) is 12.1. The van der Waals surface area contributed by atoms with Crippen LogP contribution in [0.2, 0.25) is 0 Å². The lowest BCUT2D eigenvalue weighted by atomic mass is 10.2. The van der Waals surface area contributed by atoms with E-state index in [1.807, 2.05) is 13.8 Å². The van der Waals surface area contributed by atoms with Gasteiger partial charge in [-0.25, -0.2) is 0 Å². The van der Waals surface area contributed by atoms with Crippen LogP contribution in [0.15, 0.2) is 24.3 Å². The number of carbonyl (C=O) groups excluding carboxylic acids is 2. The Balaban J connectivity index is 2.56. The zero-order valence-corrected chi connectivity index (χ0v) is 12.9. The van der Waals surface area contributed by atoms with Crippen molar-refractivity contribution in [3.63, 3.8) is 0 Å². The molecule has 6 nitrogen and oxygen atoms in total. The Morgan fingerprint density at radius 1 is 1.19 bits per heavy atom. The van der Waals surface area contributed by atoms with Crippen molar-refractivity contribution < 1.29 is 14.3 Å². The molecule has 0 fully saturated rings. The molecule has 1 rings (SSSR count). The van der Waals surface area contributed by atoms with Gasteiger partial charge in [-0.05, 0) is 37.7 Å². The first-order valence-electron chi connectivity index (χ1n) is 6.70. The van der Waals surface area contributed by atoms with E-state index in [0.717, 1.165) is 6.42 Å². The second-order valence-electron chi connectivity index (χ2n) is 4.14. The van der Waals surface area contributed by atoms with Crippen molar-refractivity contribution in [3.05, 3.63) is 29.8 Å². The zero-order chi connectivity index (χ0) is 15.7. The van der Waals surface area contributed by atoms with Crippen LogP contribution in [0.4, 0.5) is 0 Å². The third-order valence-corrected chi connectivity index (χ3v) is 2.66. The van der Waals surface area contributed by atoms with Gasteiger partial charge in [0.2, 0.25) is 5.91 Å². The predicted molar refractivity (Wildman–Crippen MR) is 83.9 cm³/mol. The quantitative estimate of drug-likeness (QED) is 0.568. The number of nitrogens with one attached hydrogen (secondary N) is 3. The third kappa shape index (κ3) is 5.78. The van der Waals surface area contributed by atoms with Gasteiger partial charge in [0.25, 0.3) is 5.91 Å². The lowest BCUT2D eigenvalue weighted by molar-refractivity contribution is -0.121. The Bertz CT molecular complexity index is 520. The highest BCUT2D eigenvalue weighted by atomic mass is 32.1. The number of carbonyl (C=O) groups is 2. The fourth-order valence-corrected chi connectivity index (χ4v) is 1.70. The fourth-order valence-electron chi connectivity index (χ4n) is 1.55. The Kier molecular flexibility index (Phi) is 7.17. The summed E-state index contributed by atoms with van der Waals surface area (Å²) in [7, 11) is 0. The molecule has 0 heterocycles. The van der Waals surface area contributed by atoms with Crippen LogP contribution < -0.4 is 20.9 Å². The molecule has 1 aromatic carbocycles. The Hall–Kier alpha value is -2.15. The highest BCUT2D eigenvalue weighted by Gasteiger charge is 2.13. The molecule has 21 heavy (non-hydrogen) atoms. The largest absolute Gasteiger partial charge is 0.493 e. The number of hydrogen-bond donors (Lipinski definition) is 3. The van der Waals surface area contributed by atoms with Gasteiger partial charge in [0, 0.05) is 6.42 Å². The first-order chi connectivity index (χ1) is 10.1. The lowest BCUT2D eigenvalue weighted by Gasteiger charge is -2.12. The van der Waals surface area contributed by atoms with E-state index in [0.29, 0.717) is 24.3 Å². The second-order valence-corrected chi connectivity index (χ2v) is 4.54. The van der Waals surface area contributed by atoms with Crippen LogP contribution in [0.25, 0.3) is 0 Å². The summed E-state index contributed by atoms with van der Waals surface area (Å²) in [6.45, 7) is 4.19. The maximum atomic E-state index is 12.1. The molecule has 0 aromatic heterocycles. The normalized spacial score (nSPS) is 9.62. The maximum absolute atomic E-state index is 12.1. The van der Waals surface area contributed by atoms with Crippen LogP contribution in [-0.4, -0.2) is 23.5 Å². The Morgan fingerprint density at radius 3 is 2.57 bits per heavy atom. The van der Waals surface area contributed by atoms with Crippen molar-refractivity contribution in [3.8, 4) is 5.75 Å². The Labute approximate surface area is 129 Å². The average molecular weight is 309 g/mol. The van der Waals surface area contributed by atoms with Crippen molar-refractivity contribution in [2.45, 2.75) is 26.7 Å². The summed E-state index contributed by atoms with van der Waals surface area (Å²) in [6, 6.07) is 6.86. The van der Waals surface area contributed by atoms with E-state index >= 15 is 0 Å². The number of hydrogen-bond acceptors (Lipinski definition) is 4. The molecule has 0 aliphatic heterocycles. The summed E-state index contributed by atoms with van der Waals surface area (Å²) in [6.07, 6.45) is 1.12. The molecule has 3 N–H and O–H groups in total. The van der Waals surface area contributed by atoms with Gasteiger partial charge in [0.1, 0.15) is 5.75 Å². The van der Waals surface area contributed by atoms with Crippen LogP contribution in [-0.2, 0) is 4.79 Å². The molecule has 0 aliphatic rings. The molecule has 1 aromatic rings. The molecule has 0 bridgehead atoms. The maximum Gasteiger partial charge on any atom is 0.261 e. The van der Waals surface area contributed by atoms with Crippen LogP contribution >= 0.6 is 12.2 Å². The molecular formula is C14H19N3O3S. The second kappa shape index (κ2) is 8.91. The van der Waals surface area contributed by atoms with Gasteiger partial charge in [0.15, 0.2) is 5.11 Å². The third-order valence-electron chi connectivity index (χ3n) is 2.45. The van der Waals surface area contributed by atoms with Crippen LogP contribution in [0.1, 0.15) is 37.0 Å². The first-order valence-corrected chi connectivity index (χ1v) is 7.11. The van der Waals surface area contributed by atoms with Gasteiger partial charge in [-0.1, -0.05) is 19.1 Å². The number of para-hydroxylation sites is 1. The van der Waals surface area contributed by atoms with Crippen molar-refractivity contribution in [2.24, 2.45) is 0 Å². The molecule has 0 aliphatic carbocycles. The van der Waals surface area contributed by atoms with E-state index in [4.69, 9.17) is 17.0 Å². The summed E-state index contributed by atoms with van der Waals surface area (Å²) in [5.74, 6) is -0.111. The molecule has 0 atom stereocenters. The monoisotopic (exact) mass is 309 g/mol. The molecule has 114 valence electrons. The van der Waals surface area contributed by atoms with E-state index < -0.39 is 5.91 Å². The highest BCUT2D eigenvalue weighted by Crippen LogP contribution is 2.17. The standard InChI is InChI=1S/C14H19N3O3S/c1-3-7-12(18)16-17-14(21)15-13(19)10-8-5-6-9-11(10)20-4-2/h5-6,8-9H,3-4,7H2,1-2H3,(H,16,18)(H2,15,17,19,21). The minimum absolute atomic E-state index is 0.0238. The van der Waals surface area contributed by atoms with Gasteiger partial charge < -0.3 is 4.74 Å². The first kappa shape index (κ1) is 16.9. The van der Waals surface area contributed by atoms with Crippen molar-refractivity contribution in [2.75, 3.05) is 6.61 Å². The number of benzene rings is 1. The van der Waals surface area contributed by atoms with Crippen LogP contribution in [0.5, 0.6) is 5.75 Å². The summed E-state index contributed by atoms with van der Waals surface area (Å²) >= 11 is 4.94. The topological polar surface area (TPSA) is 79.5 Å². The van der Waals surface area contributed by atoms with Crippen LogP contribution in [0.3, 0.4) is 0 Å². The lowest BCUT2D eigenvalue weighted by Crippen LogP contribution is -2.48. The predicted octanol–water partition coefficient (Wildman–Crippen LogP) is 1.52. The summed E-state index contributed by atoms with van der Waals surface area (Å²) in [5, 5.41) is 2.50. The van der Waals surface area contributed by atoms with Crippen molar-refractivity contribution >= 4 is 29.1 Å². The van der Waals surface area contributed by atoms with Gasteiger partial charge in [-0.15, -0.1) is 0 Å². The van der Waals surface area contributed by atoms with E-state index in [1.54, 1.807) is 24.3 Å². The molecular weight excluding hydrogens is 290 g/mol. The summed E-state index contributed by atoms with van der Waals surface area (Å²) < 4.78 is 5.38. The minimum atomic E-state index is -0.402. The van der Waals surface area contributed by atoms with E-state index in [-0.39, 0.29) is 11.0 Å². The van der Waals surface area contributed by atoms with E-state index in [9.17, 15) is 9.59 Å². The number of thiocarbonyl (C=S) groups is 1. The molecule has 2 amide bonds. The van der Waals surface area contributed by atoms with Gasteiger partial charge >= 0.3 is 0 Å². The molecule has 0 saturated heterocycles. The van der Waals surface area contributed by atoms with E-state index in [2.05, 4.69) is 16.2 Å². The number of ether oxygens (including phenoxy) is 1. The molecule has 0 spiro atoms. The van der Waals surface area contributed by atoms with Gasteiger partial charge in [-0.3, -0.25) is 25.8 Å². The number of hydrazine groups is 1. The molecule has 0 radical (unpaired) electrons. The van der Waals surface area contributed by atoms with Gasteiger partial charge in [-0.2, -0.15) is 0 Å². The summed E-state index contributed by atoms with van der Waals surface area (Å²) in [4.78, 5) is 23.4. The smallest absolute Gasteiger partial charge is 0.261 e. The van der Waals surface area contributed by atoms with Crippen LogP contribution in [0, 0.1) is 0 Å². The molecule has 0 saturated carbocycles. The summed E-state index contributed by atoms with van der Waals surface area (Å²) in [5.41, 5.74) is 5.26. The molecule has 0 unspecified atom stereocenters. The Morgan fingerprint density at radius 2 is 1.90 bits per heavy atom. The van der Waals surface area contributed by atoms with E-state index in [1.165, 1.54) is 0 Å². The fraction of sp³-hybridized carbons (Fsp3) is 0.357. The van der Waals surface area contributed by atoms with Crippen molar-refractivity contribution in [1.29, 1.82) is 0 Å². The SMILES string of the molecule is CCCC(=O)NNC(=S)NC(=O)c1ccccc1OCC. The van der Waals surface area contributed by atoms with Gasteiger partial charge in [0.05, 0.1) is 12.2 Å². The average Bonchev–Trinajstić information content (AvgIpc) is 2.46.